The van der Waals surface area contributed by atoms with E-state index in [1.54, 1.807) is 12.1 Å². The lowest BCUT2D eigenvalue weighted by molar-refractivity contribution is 0.0588. The molecule has 1 unspecified atom stereocenters. The van der Waals surface area contributed by atoms with Crippen LogP contribution < -0.4 is 11.1 Å². The molecular weight excluding hydrogens is 268 g/mol. The molecule has 0 heterocycles. The van der Waals surface area contributed by atoms with Gasteiger partial charge in [-0.15, -0.1) is 0 Å². The number of nitrogen functional groups attached to an aromatic ring is 1. The molecular formula is C16H20N2O3. The van der Waals surface area contributed by atoms with Gasteiger partial charge in [-0.3, -0.25) is 4.79 Å². The van der Waals surface area contributed by atoms with Crippen LogP contribution in [0.3, 0.4) is 0 Å². The molecule has 0 saturated heterocycles. The van der Waals surface area contributed by atoms with Crippen LogP contribution in [-0.4, -0.2) is 37.4 Å². The SMILES string of the molecule is COCC(O)CCNC(=O)c1cc2ccccc2cc1N. The van der Waals surface area contributed by atoms with Crippen LogP contribution in [0.1, 0.15) is 16.8 Å². The highest BCUT2D eigenvalue weighted by molar-refractivity contribution is 6.03. The first-order valence-corrected chi connectivity index (χ1v) is 6.85. The molecule has 21 heavy (non-hydrogen) atoms. The van der Waals surface area contributed by atoms with Crippen LogP contribution in [0.25, 0.3) is 10.8 Å². The summed E-state index contributed by atoms with van der Waals surface area (Å²) < 4.78 is 4.83. The van der Waals surface area contributed by atoms with Crippen LogP contribution in [0.4, 0.5) is 5.69 Å². The van der Waals surface area contributed by atoms with Crippen molar-refractivity contribution in [2.24, 2.45) is 0 Å². The molecule has 0 aliphatic rings. The van der Waals surface area contributed by atoms with Gasteiger partial charge >= 0.3 is 0 Å². The van der Waals surface area contributed by atoms with Crippen molar-refractivity contribution in [1.82, 2.24) is 5.32 Å². The number of hydrogen-bond donors (Lipinski definition) is 3. The van der Waals surface area contributed by atoms with E-state index in [0.717, 1.165) is 10.8 Å². The molecule has 5 heteroatoms. The summed E-state index contributed by atoms with van der Waals surface area (Å²) in [6, 6.07) is 11.3. The van der Waals surface area contributed by atoms with Crippen molar-refractivity contribution >= 4 is 22.4 Å². The third kappa shape index (κ3) is 3.93. The maximum absolute atomic E-state index is 12.1. The zero-order valence-corrected chi connectivity index (χ0v) is 12.0. The fraction of sp³-hybridized carbons (Fsp3) is 0.312. The van der Waals surface area contributed by atoms with Gasteiger partial charge < -0.3 is 20.9 Å². The second-order valence-electron chi connectivity index (χ2n) is 4.94. The number of aliphatic hydroxyl groups is 1. The zero-order chi connectivity index (χ0) is 15.2. The van der Waals surface area contributed by atoms with E-state index < -0.39 is 6.10 Å². The van der Waals surface area contributed by atoms with E-state index in [2.05, 4.69) is 5.32 Å². The highest BCUT2D eigenvalue weighted by Gasteiger charge is 2.11. The van der Waals surface area contributed by atoms with E-state index in [-0.39, 0.29) is 12.5 Å². The van der Waals surface area contributed by atoms with Crippen molar-refractivity contribution in [2.45, 2.75) is 12.5 Å². The van der Waals surface area contributed by atoms with Gasteiger partial charge in [0, 0.05) is 19.3 Å². The van der Waals surface area contributed by atoms with Gasteiger partial charge in [-0.05, 0) is 29.3 Å². The number of carbonyl (C=O) groups is 1. The maximum atomic E-state index is 12.1. The fourth-order valence-corrected chi connectivity index (χ4v) is 2.18. The number of nitrogens with one attached hydrogen (secondary N) is 1. The molecule has 2 aromatic carbocycles. The van der Waals surface area contributed by atoms with E-state index in [4.69, 9.17) is 10.5 Å². The number of aliphatic hydroxyl groups excluding tert-OH is 1. The van der Waals surface area contributed by atoms with Gasteiger partial charge in [0.15, 0.2) is 0 Å². The Morgan fingerprint density at radius 2 is 2.00 bits per heavy atom. The summed E-state index contributed by atoms with van der Waals surface area (Å²) in [7, 11) is 1.53. The predicted molar refractivity (Wildman–Crippen MR) is 83.2 cm³/mol. The minimum Gasteiger partial charge on any atom is -0.398 e. The van der Waals surface area contributed by atoms with Gasteiger partial charge in [-0.25, -0.2) is 0 Å². The summed E-state index contributed by atoms with van der Waals surface area (Å²) in [6.07, 6.45) is -0.142. The van der Waals surface area contributed by atoms with Crippen LogP contribution in [0.2, 0.25) is 0 Å². The molecule has 1 amide bonds. The van der Waals surface area contributed by atoms with Gasteiger partial charge in [0.25, 0.3) is 5.91 Å². The molecule has 0 aromatic heterocycles. The number of rotatable bonds is 6. The Kier molecular flexibility index (Phi) is 5.14. The normalized spacial score (nSPS) is 12.3. The van der Waals surface area contributed by atoms with Crippen molar-refractivity contribution in [3.05, 3.63) is 42.0 Å². The number of fused-ring (bicyclic) bond motifs is 1. The van der Waals surface area contributed by atoms with Crippen molar-refractivity contribution in [3.63, 3.8) is 0 Å². The Morgan fingerprint density at radius 1 is 1.33 bits per heavy atom. The Bertz CT molecular complexity index is 628. The molecule has 0 spiro atoms. The average molecular weight is 288 g/mol. The van der Waals surface area contributed by atoms with Crippen LogP contribution >= 0.6 is 0 Å². The minimum absolute atomic E-state index is 0.233. The first kappa shape index (κ1) is 15.3. The summed E-state index contributed by atoms with van der Waals surface area (Å²) in [4.78, 5) is 12.1. The summed E-state index contributed by atoms with van der Waals surface area (Å²) in [6.45, 7) is 0.629. The van der Waals surface area contributed by atoms with E-state index in [0.29, 0.717) is 24.2 Å². The molecule has 2 rings (SSSR count). The lowest BCUT2D eigenvalue weighted by Crippen LogP contribution is -2.29. The first-order chi connectivity index (χ1) is 10.1. The molecule has 2 aromatic rings. The Balaban J connectivity index is 2.04. The van der Waals surface area contributed by atoms with Gasteiger partial charge in [0.2, 0.25) is 0 Å². The molecule has 0 aliphatic heterocycles. The topological polar surface area (TPSA) is 84.6 Å². The number of carbonyl (C=O) groups excluding carboxylic acids is 1. The summed E-state index contributed by atoms with van der Waals surface area (Å²) in [5.74, 6) is -0.233. The molecule has 0 radical (unpaired) electrons. The smallest absolute Gasteiger partial charge is 0.253 e. The van der Waals surface area contributed by atoms with Gasteiger partial charge in [0.1, 0.15) is 0 Å². The third-order valence-electron chi connectivity index (χ3n) is 3.28. The first-order valence-electron chi connectivity index (χ1n) is 6.85. The second-order valence-corrected chi connectivity index (χ2v) is 4.94. The zero-order valence-electron chi connectivity index (χ0n) is 12.0. The average Bonchev–Trinajstić information content (AvgIpc) is 2.46. The number of ether oxygens (including phenoxy) is 1. The predicted octanol–water partition coefficient (Wildman–Crippen LogP) is 1.55. The maximum Gasteiger partial charge on any atom is 0.253 e. The number of nitrogens with two attached hydrogens (primary N) is 1. The van der Waals surface area contributed by atoms with E-state index in [1.165, 1.54) is 7.11 Å². The monoisotopic (exact) mass is 288 g/mol. The Hall–Kier alpha value is -2.11. The number of benzene rings is 2. The standard InChI is InChI=1S/C16H20N2O3/c1-21-10-13(19)6-7-18-16(20)14-8-11-4-2-3-5-12(11)9-15(14)17/h2-5,8-9,13,19H,6-7,10,17H2,1H3,(H,18,20). The number of anilines is 1. The van der Waals surface area contributed by atoms with Crippen molar-refractivity contribution in [2.75, 3.05) is 26.0 Å². The summed E-state index contributed by atoms with van der Waals surface area (Å²) in [5, 5.41) is 14.3. The van der Waals surface area contributed by atoms with E-state index in [9.17, 15) is 9.90 Å². The van der Waals surface area contributed by atoms with Crippen LogP contribution in [0.5, 0.6) is 0 Å². The Labute approximate surface area is 123 Å². The molecule has 0 aliphatic carbocycles. The van der Waals surface area contributed by atoms with Crippen LogP contribution in [0, 0.1) is 0 Å². The molecule has 0 bridgehead atoms. The van der Waals surface area contributed by atoms with Crippen LogP contribution in [-0.2, 0) is 4.74 Å². The van der Waals surface area contributed by atoms with E-state index >= 15 is 0 Å². The van der Waals surface area contributed by atoms with Crippen molar-refractivity contribution in [1.29, 1.82) is 0 Å². The molecule has 1 atom stereocenters. The number of amides is 1. The quantitative estimate of drug-likeness (QED) is 0.704. The second kappa shape index (κ2) is 7.06. The summed E-state index contributed by atoms with van der Waals surface area (Å²) in [5.41, 5.74) is 6.84. The molecule has 4 N–H and O–H groups in total. The minimum atomic E-state index is -0.579. The number of hydrogen-bond acceptors (Lipinski definition) is 4. The van der Waals surface area contributed by atoms with Crippen molar-refractivity contribution < 1.29 is 14.6 Å². The molecule has 112 valence electrons. The lowest BCUT2D eigenvalue weighted by Gasteiger charge is -2.11. The molecule has 5 nitrogen and oxygen atoms in total. The van der Waals surface area contributed by atoms with Gasteiger partial charge in [-0.1, -0.05) is 24.3 Å². The Morgan fingerprint density at radius 3 is 2.67 bits per heavy atom. The lowest BCUT2D eigenvalue weighted by atomic mass is 10.0. The largest absolute Gasteiger partial charge is 0.398 e. The fourth-order valence-electron chi connectivity index (χ4n) is 2.18. The highest BCUT2D eigenvalue weighted by Crippen LogP contribution is 2.21. The number of methoxy groups -OCH3 is 1. The third-order valence-corrected chi connectivity index (χ3v) is 3.28. The van der Waals surface area contributed by atoms with E-state index in [1.807, 2.05) is 24.3 Å². The highest BCUT2D eigenvalue weighted by atomic mass is 16.5. The van der Waals surface area contributed by atoms with Crippen LogP contribution in [0.15, 0.2) is 36.4 Å². The summed E-state index contributed by atoms with van der Waals surface area (Å²) >= 11 is 0. The molecule has 0 fully saturated rings. The molecule has 0 saturated carbocycles. The van der Waals surface area contributed by atoms with Gasteiger partial charge in [0.05, 0.1) is 18.3 Å². The van der Waals surface area contributed by atoms with Gasteiger partial charge in [-0.2, -0.15) is 0 Å². The van der Waals surface area contributed by atoms with Crippen molar-refractivity contribution in [3.8, 4) is 0 Å².